The Hall–Kier alpha value is -1.08. The third-order valence-corrected chi connectivity index (χ3v) is 5.68. The number of guanidine groups is 1. The number of rotatable bonds is 6. The van der Waals surface area contributed by atoms with E-state index in [-0.39, 0.29) is 30.0 Å². The van der Waals surface area contributed by atoms with E-state index in [1.54, 1.807) is 25.1 Å². The molecule has 1 atom stereocenters. The van der Waals surface area contributed by atoms with Gasteiger partial charge in [-0.3, -0.25) is 4.90 Å². The molecule has 1 fully saturated rings. The minimum atomic E-state index is -4.19. The van der Waals surface area contributed by atoms with Crippen molar-refractivity contribution in [1.29, 1.82) is 0 Å². The summed E-state index contributed by atoms with van der Waals surface area (Å²) in [7, 11) is -3.27. The smallest absolute Gasteiger partial charge is 0.357 e. The van der Waals surface area contributed by atoms with Crippen molar-refractivity contribution >= 4 is 39.8 Å². The number of nitrogens with one attached hydrogen (secondary N) is 2. The molecule has 1 saturated heterocycles. The van der Waals surface area contributed by atoms with Crippen molar-refractivity contribution in [1.82, 2.24) is 15.5 Å². The highest BCUT2D eigenvalue weighted by molar-refractivity contribution is 14.0. The second-order valence-electron chi connectivity index (χ2n) is 7.05. The first-order chi connectivity index (χ1) is 13.0. The Balaban J connectivity index is 0.00000420. The molecule has 6 nitrogen and oxygen atoms in total. The average Bonchev–Trinajstić information content (AvgIpc) is 2.96. The molecule has 1 aromatic carbocycles. The van der Waals surface area contributed by atoms with E-state index in [9.17, 15) is 21.6 Å². The van der Waals surface area contributed by atoms with Crippen LogP contribution in [0.15, 0.2) is 28.1 Å². The number of hydrogen-bond donors (Lipinski definition) is 2. The van der Waals surface area contributed by atoms with Crippen molar-refractivity contribution in [2.24, 2.45) is 4.99 Å². The lowest BCUT2D eigenvalue weighted by atomic mass is 10.1. The van der Waals surface area contributed by atoms with Gasteiger partial charge in [0.2, 0.25) is 0 Å². The summed E-state index contributed by atoms with van der Waals surface area (Å²) in [6, 6.07) is 4.97. The average molecular weight is 548 g/mol. The number of halogens is 4. The van der Waals surface area contributed by atoms with Gasteiger partial charge in [0.25, 0.3) is 0 Å². The molecule has 0 radical (unpaired) electrons. The Morgan fingerprint density at radius 3 is 2.59 bits per heavy atom. The molecule has 0 saturated carbocycles. The van der Waals surface area contributed by atoms with Crippen LogP contribution in [0.2, 0.25) is 0 Å². The van der Waals surface area contributed by atoms with Crippen LogP contribution in [0.3, 0.4) is 0 Å². The molecule has 166 valence electrons. The number of hydrogen-bond acceptors (Lipinski definition) is 4. The zero-order chi connectivity index (χ0) is 20.9. The van der Waals surface area contributed by atoms with Gasteiger partial charge in [-0.05, 0) is 37.5 Å². The summed E-state index contributed by atoms with van der Waals surface area (Å²) in [5.74, 6) is 0.534. The molecule has 1 aliphatic heterocycles. The van der Waals surface area contributed by atoms with Crippen LogP contribution in [0.5, 0.6) is 0 Å². The summed E-state index contributed by atoms with van der Waals surface area (Å²) in [6.45, 7) is 4.41. The van der Waals surface area contributed by atoms with E-state index >= 15 is 0 Å². The third-order valence-electron chi connectivity index (χ3n) is 4.42. The Labute approximate surface area is 187 Å². The normalized spacial score (nSPS) is 18.4. The van der Waals surface area contributed by atoms with Gasteiger partial charge in [-0.15, -0.1) is 24.0 Å². The second kappa shape index (κ2) is 10.8. The molecule has 2 N–H and O–H groups in total. The SMILES string of the molecule is CCNC(=NCc1ccc(S(C)(=O)=O)c(C)c1)NC1CCN(CC(F)(F)F)C1.I. The van der Waals surface area contributed by atoms with E-state index in [0.717, 1.165) is 5.56 Å². The maximum atomic E-state index is 12.5. The Morgan fingerprint density at radius 1 is 1.34 bits per heavy atom. The number of alkyl halides is 3. The van der Waals surface area contributed by atoms with Gasteiger partial charge in [0.05, 0.1) is 18.0 Å². The summed E-state index contributed by atoms with van der Waals surface area (Å²) in [4.78, 5) is 6.16. The zero-order valence-electron chi connectivity index (χ0n) is 16.7. The first kappa shape index (κ1) is 26.0. The van der Waals surface area contributed by atoms with Gasteiger partial charge < -0.3 is 10.6 Å². The number of aliphatic imine (C=N–C) groups is 1. The lowest BCUT2D eigenvalue weighted by Gasteiger charge is -2.19. The quantitative estimate of drug-likeness (QED) is 0.325. The highest BCUT2D eigenvalue weighted by atomic mass is 127. The molecule has 2 rings (SSSR count). The summed E-state index contributed by atoms with van der Waals surface area (Å²) in [5, 5.41) is 6.28. The van der Waals surface area contributed by atoms with Crippen LogP contribution in [0.1, 0.15) is 24.5 Å². The predicted molar refractivity (Wildman–Crippen MR) is 119 cm³/mol. The molecule has 0 amide bonds. The Bertz CT molecular complexity index is 816. The van der Waals surface area contributed by atoms with Crippen molar-refractivity contribution in [2.45, 2.75) is 43.9 Å². The molecule has 0 bridgehead atoms. The second-order valence-corrected chi connectivity index (χ2v) is 9.03. The molecular weight excluding hydrogens is 520 g/mol. The van der Waals surface area contributed by atoms with Crippen LogP contribution in [0.25, 0.3) is 0 Å². The van der Waals surface area contributed by atoms with Crippen molar-refractivity contribution in [3.8, 4) is 0 Å². The molecule has 1 aliphatic rings. The highest BCUT2D eigenvalue weighted by Crippen LogP contribution is 2.20. The number of likely N-dealkylation sites (tertiary alicyclic amines) is 1. The number of nitrogens with zero attached hydrogens (tertiary/aromatic N) is 2. The summed E-state index contributed by atoms with van der Waals surface area (Å²) >= 11 is 0. The maximum Gasteiger partial charge on any atom is 0.401 e. The van der Waals surface area contributed by atoms with E-state index in [4.69, 9.17) is 0 Å². The van der Waals surface area contributed by atoms with E-state index in [1.807, 2.05) is 6.92 Å². The zero-order valence-corrected chi connectivity index (χ0v) is 19.9. The molecule has 0 aromatic heterocycles. The summed E-state index contributed by atoms with van der Waals surface area (Å²) in [5.41, 5.74) is 1.51. The van der Waals surface area contributed by atoms with Crippen LogP contribution >= 0.6 is 24.0 Å². The number of sulfone groups is 1. The summed E-state index contributed by atoms with van der Waals surface area (Å²) < 4.78 is 61.0. The van der Waals surface area contributed by atoms with Crippen LogP contribution < -0.4 is 10.6 Å². The lowest BCUT2D eigenvalue weighted by Crippen LogP contribution is -2.45. The molecule has 0 aliphatic carbocycles. The van der Waals surface area contributed by atoms with E-state index in [0.29, 0.717) is 49.0 Å². The monoisotopic (exact) mass is 548 g/mol. The van der Waals surface area contributed by atoms with Gasteiger partial charge in [0, 0.05) is 31.9 Å². The minimum Gasteiger partial charge on any atom is -0.357 e. The van der Waals surface area contributed by atoms with Gasteiger partial charge in [-0.1, -0.05) is 12.1 Å². The maximum absolute atomic E-state index is 12.5. The van der Waals surface area contributed by atoms with Crippen LogP contribution in [-0.2, 0) is 16.4 Å². The Kier molecular flexibility index (Phi) is 9.67. The first-order valence-electron chi connectivity index (χ1n) is 9.11. The highest BCUT2D eigenvalue weighted by Gasteiger charge is 2.34. The van der Waals surface area contributed by atoms with Crippen LogP contribution in [-0.4, -0.2) is 63.9 Å². The summed E-state index contributed by atoms with van der Waals surface area (Å²) in [6.07, 6.45) is -2.41. The fourth-order valence-corrected chi connectivity index (χ4v) is 4.22. The van der Waals surface area contributed by atoms with Gasteiger partial charge in [0.15, 0.2) is 15.8 Å². The molecule has 1 aromatic rings. The number of benzene rings is 1. The standard InChI is InChI=1S/C18H27F3N4O2S.HI/c1-4-22-17(24-15-7-8-25(11-15)12-18(19,20)21)23-10-14-5-6-16(13(2)9-14)28(3,26)27;/h5-6,9,15H,4,7-8,10-12H2,1-3H3,(H2,22,23,24);1H. The van der Waals surface area contributed by atoms with E-state index < -0.39 is 22.6 Å². The number of aryl methyl sites for hydroxylation is 1. The fraction of sp³-hybridized carbons (Fsp3) is 0.611. The Morgan fingerprint density at radius 2 is 2.03 bits per heavy atom. The van der Waals surface area contributed by atoms with E-state index in [2.05, 4.69) is 15.6 Å². The van der Waals surface area contributed by atoms with Gasteiger partial charge in [-0.25, -0.2) is 13.4 Å². The molecule has 11 heteroatoms. The third kappa shape index (κ3) is 8.67. The van der Waals surface area contributed by atoms with Gasteiger partial charge in [-0.2, -0.15) is 13.2 Å². The fourth-order valence-electron chi connectivity index (χ4n) is 3.26. The van der Waals surface area contributed by atoms with Crippen molar-refractivity contribution in [3.05, 3.63) is 29.3 Å². The minimum absolute atomic E-state index is 0. The lowest BCUT2D eigenvalue weighted by molar-refractivity contribution is -0.143. The topological polar surface area (TPSA) is 73.8 Å². The molecule has 1 heterocycles. The van der Waals surface area contributed by atoms with Crippen molar-refractivity contribution in [3.63, 3.8) is 0 Å². The molecular formula is C18H28F3IN4O2S. The van der Waals surface area contributed by atoms with Gasteiger partial charge in [0.1, 0.15) is 0 Å². The van der Waals surface area contributed by atoms with Crippen molar-refractivity contribution in [2.75, 3.05) is 32.4 Å². The molecule has 1 unspecified atom stereocenters. The first-order valence-corrected chi connectivity index (χ1v) is 11.0. The molecule has 0 spiro atoms. The van der Waals surface area contributed by atoms with Crippen molar-refractivity contribution < 1.29 is 21.6 Å². The molecule has 29 heavy (non-hydrogen) atoms. The van der Waals surface area contributed by atoms with E-state index in [1.165, 1.54) is 11.2 Å². The van der Waals surface area contributed by atoms with Crippen LogP contribution in [0, 0.1) is 6.92 Å². The van der Waals surface area contributed by atoms with Crippen LogP contribution in [0.4, 0.5) is 13.2 Å². The largest absolute Gasteiger partial charge is 0.401 e. The predicted octanol–water partition coefficient (Wildman–Crippen LogP) is 2.71. The van der Waals surface area contributed by atoms with Gasteiger partial charge >= 0.3 is 6.18 Å².